The normalized spacial score (nSPS) is 27.2. The minimum Gasteiger partial charge on any atom is -0.508 e. The summed E-state index contributed by atoms with van der Waals surface area (Å²) in [5.74, 6) is -24.4. The second kappa shape index (κ2) is 12.4. The number of hydrogen-bond acceptors (Lipinski definition) is 10. The Morgan fingerprint density at radius 2 is 1.38 bits per heavy atom. The summed E-state index contributed by atoms with van der Waals surface area (Å²) < 4.78 is 73.4. The molecular weight excluding hydrogens is 788 g/mol. The van der Waals surface area contributed by atoms with Crippen LogP contribution in [0.2, 0.25) is 0 Å². The van der Waals surface area contributed by atoms with Crippen LogP contribution in [0.1, 0.15) is 24.3 Å². The molecule has 2 heterocycles. The number of phenolic OH excluding ortho intramolecular Hbond substituents is 1. The van der Waals surface area contributed by atoms with E-state index >= 15 is 8.78 Å². The number of rotatable bonds is 6. The lowest BCUT2D eigenvalue weighted by molar-refractivity contribution is -0.392. The summed E-state index contributed by atoms with van der Waals surface area (Å²) >= 11 is 14.1. The third-order valence-corrected chi connectivity index (χ3v) is 12.0. The highest BCUT2D eigenvalue weighted by molar-refractivity contribution is 6.58. The number of benzene rings is 3. The average molecular weight is 810 g/mol. The minimum atomic E-state index is -2.84. The highest BCUT2D eigenvalue weighted by atomic mass is 35.5. The number of phenols is 1. The largest absolute Gasteiger partial charge is 0.508 e. The van der Waals surface area contributed by atoms with Crippen molar-refractivity contribution in [1.82, 2.24) is 0 Å². The van der Waals surface area contributed by atoms with Gasteiger partial charge in [-0.2, -0.15) is 0 Å². The molecule has 0 radical (unpaired) electrons. The number of fused-ring (bicyclic) bond motifs is 4. The number of carbonyl (C=O) groups excluding carboxylic acids is 4. The third-order valence-electron chi connectivity index (χ3n) is 10.6. The molecule has 2 aliphatic heterocycles. The summed E-state index contributed by atoms with van der Waals surface area (Å²) in [6.07, 6.45) is 0.275. The molecule has 1 N–H and O–H groups in total. The predicted molar refractivity (Wildman–Crippen MR) is 181 cm³/mol. The molecule has 0 unspecified atom stereocenters. The first-order valence-corrected chi connectivity index (χ1v) is 16.7. The van der Waals surface area contributed by atoms with Gasteiger partial charge < -0.3 is 10.0 Å². The lowest BCUT2D eigenvalue weighted by Gasteiger charge is -2.50. The molecule has 0 bridgehead atoms. The number of imide groups is 2. The molecular formula is C34H22Cl2F5N5O9. The third kappa shape index (κ3) is 4.91. The zero-order valence-electron chi connectivity index (χ0n) is 27.9. The van der Waals surface area contributed by atoms with Crippen molar-refractivity contribution in [3.63, 3.8) is 0 Å². The van der Waals surface area contributed by atoms with Crippen molar-refractivity contribution < 1.29 is 56.1 Å². The van der Waals surface area contributed by atoms with Gasteiger partial charge in [-0.25, -0.2) is 31.8 Å². The Balaban J connectivity index is 1.41. The van der Waals surface area contributed by atoms with Crippen LogP contribution in [-0.2, 0) is 19.2 Å². The Morgan fingerprint density at radius 1 is 0.818 bits per heavy atom. The zero-order chi connectivity index (χ0) is 40.4. The van der Waals surface area contributed by atoms with Gasteiger partial charge in [-0.05, 0) is 36.5 Å². The lowest BCUT2D eigenvalue weighted by Crippen LogP contribution is -2.60. The molecule has 1 saturated carbocycles. The molecule has 286 valence electrons. The second-order valence-corrected chi connectivity index (χ2v) is 14.8. The number of allylic oxidation sites excluding steroid dienone is 2. The summed E-state index contributed by atoms with van der Waals surface area (Å²) in [7, 11) is 2.60. The number of hydrogen-bond donors (Lipinski definition) is 1. The molecule has 4 aliphatic rings. The number of halogens is 7. The van der Waals surface area contributed by atoms with Gasteiger partial charge in [0.1, 0.15) is 11.4 Å². The highest BCUT2D eigenvalue weighted by Gasteiger charge is 2.77. The fourth-order valence-electron chi connectivity index (χ4n) is 8.35. The van der Waals surface area contributed by atoms with Crippen molar-refractivity contribution in [3.05, 3.63) is 103 Å². The van der Waals surface area contributed by atoms with Crippen LogP contribution in [0.15, 0.2) is 48.0 Å². The van der Waals surface area contributed by atoms with E-state index in [1.165, 1.54) is 38.4 Å². The van der Waals surface area contributed by atoms with E-state index in [1.54, 1.807) is 0 Å². The van der Waals surface area contributed by atoms with Gasteiger partial charge in [0, 0.05) is 32.1 Å². The number of carbonyl (C=O) groups is 4. The molecule has 4 amide bonds. The van der Waals surface area contributed by atoms with E-state index in [0.717, 1.165) is 23.1 Å². The number of nitro benzene ring substituents is 2. The molecule has 3 fully saturated rings. The van der Waals surface area contributed by atoms with E-state index in [-0.39, 0.29) is 22.5 Å². The summed E-state index contributed by atoms with van der Waals surface area (Å²) in [6, 6.07) is 6.52. The van der Waals surface area contributed by atoms with Crippen LogP contribution in [-0.4, -0.2) is 62.4 Å². The van der Waals surface area contributed by atoms with Crippen molar-refractivity contribution in [1.29, 1.82) is 0 Å². The van der Waals surface area contributed by atoms with Crippen LogP contribution in [0.4, 0.5) is 50.4 Å². The average Bonchev–Trinajstić information content (AvgIpc) is 3.47. The molecule has 0 spiro atoms. The number of nitro groups is 2. The topological polar surface area (TPSA) is 185 Å². The maximum atomic E-state index is 15.2. The van der Waals surface area contributed by atoms with Gasteiger partial charge in [0.2, 0.25) is 17.6 Å². The van der Waals surface area contributed by atoms with Gasteiger partial charge in [-0.1, -0.05) is 23.8 Å². The Hall–Kier alpha value is -5.69. The molecule has 21 heteroatoms. The van der Waals surface area contributed by atoms with Gasteiger partial charge in [0.15, 0.2) is 38.7 Å². The molecule has 3 aromatic carbocycles. The van der Waals surface area contributed by atoms with E-state index in [0.29, 0.717) is 4.90 Å². The summed E-state index contributed by atoms with van der Waals surface area (Å²) in [5.41, 5.74) is -4.55. The Labute approximate surface area is 314 Å². The molecule has 3 aromatic rings. The molecule has 2 aliphatic carbocycles. The van der Waals surface area contributed by atoms with Crippen LogP contribution < -0.4 is 14.7 Å². The van der Waals surface area contributed by atoms with Gasteiger partial charge >= 0.3 is 11.4 Å². The lowest BCUT2D eigenvalue weighted by atomic mass is 9.56. The zero-order valence-corrected chi connectivity index (χ0v) is 29.4. The number of aromatic hydroxyl groups is 1. The SMILES string of the molecule is CN(C)c1c([N+](=O)[O-])cc(N2C(=O)[C@H]3[C@H](CC=C4[C@H]3C[C@@]3(Cl)C(=O)N(c5c(F)c(F)c(F)c(F)c5F)C(=O)[C@@]3(Cl)[C@H]4c3cccc(O)c3)C2=O)cc1[N+](=O)[O-]. The highest BCUT2D eigenvalue weighted by Crippen LogP contribution is 2.66. The monoisotopic (exact) mass is 809 g/mol. The first-order chi connectivity index (χ1) is 25.7. The van der Waals surface area contributed by atoms with Gasteiger partial charge in [0.25, 0.3) is 11.8 Å². The fourth-order valence-corrected chi connectivity index (χ4v) is 9.29. The van der Waals surface area contributed by atoms with Gasteiger partial charge in [0.05, 0.1) is 27.4 Å². The maximum Gasteiger partial charge on any atom is 0.301 e. The van der Waals surface area contributed by atoms with Crippen molar-refractivity contribution in [2.75, 3.05) is 28.8 Å². The Morgan fingerprint density at radius 3 is 1.91 bits per heavy atom. The standard InChI is InChI=1S/C34H22Cl2F5N5O9/c1-42(2)27-18(45(52)53)9-13(10-19(27)46(54)55)43-29(48)16-7-6-15-17(20(16)30(43)49)11-33(35)31(50)44(28-25(40)23(38)22(37)24(39)26(28)41)32(51)34(33,36)21(15)12-4-3-5-14(47)8-12/h3-6,8-10,16-17,20-21,47H,7,11H2,1-2H3/t16-,17+,20-,21-,33+,34-/m0/s1. The summed E-state index contributed by atoms with van der Waals surface area (Å²) in [5, 5.41) is 34.5. The van der Waals surface area contributed by atoms with Gasteiger partial charge in [-0.15, -0.1) is 23.2 Å². The number of nitrogens with zero attached hydrogens (tertiary/aromatic N) is 5. The molecule has 6 atom stereocenters. The maximum absolute atomic E-state index is 15.2. The van der Waals surface area contributed by atoms with E-state index < -0.39 is 137 Å². The van der Waals surface area contributed by atoms with E-state index in [4.69, 9.17) is 23.2 Å². The van der Waals surface area contributed by atoms with Crippen LogP contribution in [0.3, 0.4) is 0 Å². The first kappa shape index (κ1) is 37.6. The van der Waals surface area contributed by atoms with Crippen molar-refractivity contribution in [2.45, 2.75) is 28.5 Å². The molecule has 14 nitrogen and oxygen atoms in total. The van der Waals surface area contributed by atoms with Crippen LogP contribution in [0, 0.1) is 67.1 Å². The number of amides is 4. The molecule has 7 rings (SSSR count). The second-order valence-electron chi connectivity index (χ2n) is 13.5. The van der Waals surface area contributed by atoms with E-state index in [1.807, 2.05) is 0 Å². The van der Waals surface area contributed by atoms with Crippen LogP contribution in [0.5, 0.6) is 5.75 Å². The molecule has 0 aromatic heterocycles. The van der Waals surface area contributed by atoms with Crippen LogP contribution >= 0.6 is 23.2 Å². The molecule has 55 heavy (non-hydrogen) atoms. The first-order valence-electron chi connectivity index (χ1n) is 16.0. The van der Waals surface area contributed by atoms with Crippen molar-refractivity contribution >= 4 is 75.3 Å². The van der Waals surface area contributed by atoms with Gasteiger partial charge in [-0.3, -0.25) is 39.4 Å². The van der Waals surface area contributed by atoms with Crippen molar-refractivity contribution in [2.24, 2.45) is 17.8 Å². The summed E-state index contributed by atoms with van der Waals surface area (Å²) in [4.78, 5) is 74.9. The molecule has 2 saturated heterocycles. The minimum absolute atomic E-state index is 0.0472. The van der Waals surface area contributed by atoms with Crippen LogP contribution in [0.25, 0.3) is 0 Å². The Bertz CT molecular complexity index is 2320. The number of anilines is 3. The predicted octanol–water partition coefficient (Wildman–Crippen LogP) is 5.74. The van der Waals surface area contributed by atoms with Crippen molar-refractivity contribution in [3.8, 4) is 5.75 Å². The summed E-state index contributed by atoms with van der Waals surface area (Å²) in [6.45, 7) is 0. The fraction of sp³-hybridized carbons (Fsp3) is 0.294. The smallest absolute Gasteiger partial charge is 0.301 e. The number of alkyl halides is 2. The Kier molecular flexibility index (Phi) is 8.49. The van der Waals surface area contributed by atoms with E-state index in [2.05, 4.69) is 0 Å². The quantitative estimate of drug-likeness (QED) is 0.0471. The van der Waals surface area contributed by atoms with E-state index in [9.17, 15) is 57.7 Å².